The highest BCUT2D eigenvalue weighted by Crippen LogP contribution is 2.24. The molecule has 0 fully saturated rings. The third kappa shape index (κ3) is 5.11. The normalized spacial score (nSPS) is 11.4. The Morgan fingerprint density at radius 2 is 1.85 bits per heavy atom. The molecule has 0 aliphatic heterocycles. The number of fused-ring (bicyclic) bond motifs is 2. The first-order valence-corrected chi connectivity index (χ1v) is 12.7. The zero-order valence-electron chi connectivity index (χ0n) is 22.0. The zero-order valence-corrected chi connectivity index (χ0v) is 22.0. The third-order valence-electron chi connectivity index (χ3n) is 6.48. The SMILES string of the molecule is CC(=O)NCC#Cc1cccc2cc(C(C)NC(=O)c3c(N)[nH+]cc4cccnc34)n(-c3ccccc3)c(=O)c12. The largest absolute Gasteiger partial charge is 0.345 e. The Labute approximate surface area is 230 Å². The van der Waals surface area contributed by atoms with E-state index in [-0.39, 0.29) is 29.4 Å². The number of hydrogen-bond donors (Lipinski definition) is 3. The van der Waals surface area contributed by atoms with E-state index < -0.39 is 11.9 Å². The minimum atomic E-state index is -0.585. The van der Waals surface area contributed by atoms with Crippen LogP contribution in [0.3, 0.4) is 0 Å². The number of nitrogens with zero attached hydrogens (tertiary/aromatic N) is 2. The maximum atomic E-state index is 14.1. The van der Waals surface area contributed by atoms with Gasteiger partial charge in [-0.3, -0.25) is 29.7 Å². The van der Waals surface area contributed by atoms with Gasteiger partial charge in [0.05, 0.1) is 29.7 Å². The van der Waals surface area contributed by atoms with E-state index in [1.54, 1.807) is 29.1 Å². The highest BCUT2D eigenvalue weighted by atomic mass is 16.2. The number of pyridine rings is 3. The van der Waals surface area contributed by atoms with Crippen molar-refractivity contribution in [3.63, 3.8) is 0 Å². The number of amides is 2. The van der Waals surface area contributed by atoms with E-state index in [9.17, 15) is 14.4 Å². The van der Waals surface area contributed by atoms with Gasteiger partial charge in [0.1, 0.15) is 0 Å². The first-order valence-electron chi connectivity index (χ1n) is 12.7. The molecule has 5 N–H and O–H groups in total. The fourth-order valence-corrected chi connectivity index (χ4v) is 4.63. The third-order valence-corrected chi connectivity index (χ3v) is 6.48. The minimum absolute atomic E-state index is 0.170. The molecule has 5 aromatic rings. The number of carbonyl (C=O) groups excluding carboxylic acids is 2. The molecular weight excluding hydrogens is 504 g/mol. The van der Waals surface area contributed by atoms with Gasteiger partial charge in [0, 0.05) is 35.5 Å². The molecule has 9 heteroatoms. The molecule has 2 amide bonds. The average molecular weight is 532 g/mol. The van der Waals surface area contributed by atoms with Crippen LogP contribution in [0.5, 0.6) is 0 Å². The monoisotopic (exact) mass is 531 g/mol. The topological polar surface area (TPSA) is 133 Å². The Balaban J connectivity index is 1.62. The Morgan fingerprint density at radius 3 is 2.62 bits per heavy atom. The number of carbonyl (C=O) groups is 2. The van der Waals surface area contributed by atoms with Crippen LogP contribution in [0.15, 0.2) is 83.9 Å². The maximum absolute atomic E-state index is 14.1. The average Bonchev–Trinajstić information content (AvgIpc) is 2.95. The smallest absolute Gasteiger partial charge is 0.285 e. The molecule has 1 atom stereocenters. The van der Waals surface area contributed by atoms with Gasteiger partial charge in [-0.1, -0.05) is 42.2 Å². The summed E-state index contributed by atoms with van der Waals surface area (Å²) >= 11 is 0. The number of aromatic amines is 1. The molecule has 3 heterocycles. The molecule has 0 bridgehead atoms. The van der Waals surface area contributed by atoms with Crippen LogP contribution in [0.25, 0.3) is 27.4 Å². The summed E-state index contributed by atoms with van der Waals surface area (Å²) < 4.78 is 1.59. The quantitative estimate of drug-likeness (QED) is 0.300. The number of nitrogens with one attached hydrogen (secondary N) is 3. The molecule has 5 rings (SSSR count). The van der Waals surface area contributed by atoms with Gasteiger partial charge in [-0.2, -0.15) is 0 Å². The lowest BCUT2D eigenvalue weighted by molar-refractivity contribution is -0.358. The molecule has 40 heavy (non-hydrogen) atoms. The summed E-state index contributed by atoms with van der Waals surface area (Å²) in [6.07, 6.45) is 3.31. The molecule has 0 radical (unpaired) electrons. The summed E-state index contributed by atoms with van der Waals surface area (Å²) in [4.78, 5) is 46.1. The Bertz CT molecular complexity index is 1890. The maximum Gasteiger partial charge on any atom is 0.285 e. The second kappa shape index (κ2) is 11.1. The fraction of sp³-hybridized carbons (Fsp3) is 0.129. The molecule has 0 aliphatic rings. The van der Waals surface area contributed by atoms with E-state index in [4.69, 9.17) is 5.73 Å². The number of para-hydroxylation sites is 1. The first-order chi connectivity index (χ1) is 19.3. The van der Waals surface area contributed by atoms with Crippen LogP contribution in [0.2, 0.25) is 0 Å². The molecule has 2 aromatic carbocycles. The summed E-state index contributed by atoms with van der Waals surface area (Å²) in [6, 6.07) is 19.6. The van der Waals surface area contributed by atoms with Crippen molar-refractivity contribution in [2.75, 3.05) is 12.3 Å². The lowest BCUT2D eigenvalue weighted by atomic mass is 10.0. The van der Waals surface area contributed by atoms with Gasteiger partial charge >= 0.3 is 0 Å². The Kier molecular flexibility index (Phi) is 7.25. The lowest BCUT2D eigenvalue weighted by Crippen LogP contribution is -2.33. The molecule has 3 aromatic heterocycles. The van der Waals surface area contributed by atoms with E-state index in [1.807, 2.05) is 61.5 Å². The van der Waals surface area contributed by atoms with Crippen LogP contribution in [-0.4, -0.2) is 27.9 Å². The van der Waals surface area contributed by atoms with Crippen LogP contribution >= 0.6 is 0 Å². The Morgan fingerprint density at radius 1 is 1.07 bits per heavy atom. The highest BCUT2D eigenvalue weighted by molar-refractivity contribution is 6.08. The predicted molar refractivity (Wildman–Crippen MR) is 154 cm³/mol. The van der Waals surface area contributed by atoms with Crippen LogP contribution in [0.4, 0.5) is 5.82 Å². The van der Waals surface area contributed by atoms with Crippen molar-refractivity contribution < 1.29 is 14.6 Å². The van der Waals surface area contributed by atoms with Gasteiger partial charge in [-0.15, -0.1) is 0 Å². The predicted octanol–water partition coefficient (Wildman–Crippen LogP) is 2.91. The van der Waals surface area contributed by atoms with Crippen molar-refractivity contribution in [2.45, 2.75) is 19.9 Å². The molecular formula is C31H27N6O3+. The van der Waals surface area contributed by atoms with Crippen LogP contribution in [0.1, 0.15) is 41.5 Å². The van der Waals surface area contributed by atoms with Gasteiger partial charge in [-0.05, 0) is 48.7 Å². The van der Waals surface area contributed by atoms with Crippen LogP contribution in [0, 0.1) is 11.8 Å². The van der Waals surface area contributed by atoms with Crippen molar-refractivity contribution in [1.29, 1.82) is 0 Å². The summed E-state index contributed by atoms with van der Waals surface area (Å²) in [5.41, 5.74) is 8.36. The summed E-state index contributed by atoms with van der Waals surface area (Å²) in [7, 11) is 0. The first kappa shape index (κ1) is 26.1. The molecule has 0 aliphatic carbocycles. The summed E-state index contributed by atoms with van der Waals surface area (Å²) in [6.45, 7) is 3.40. The summed E-state index contributed by atoms with van der Waals surface area (Å²) in [5, 5.41) is 7.51. The van der Waals surface area contributed by atoms with Gasteiger partial charge in [0.25, 0.3) is 17.3 Å². The zero-order chi connectivity index (χ0) is 28.2. The van der Waals surface area contributed by atoms with E-state index in [1.165, 1.54) is 6.92 Å². The highest BCUT2D eigenvalue weighted by Gasteiger charge is 2.24. The van der Waals surface area contributed by atoms with Crippen molar-refractivity contribution >= 4 is 39.3 Å². The number of aromatic nitrogens is 3. The second-order valence-electron chi connectivity index (χ2n) is 9.24. The Hall–Kier alpha value is -5.49. The van der Waals surface area contributed by atoms with Crippen molar-refractivity contribution in [3.8, 4) is 17.5 Å². The molecule has 198 valence electrons. The molecule has 0 spiro atoms. The molecule has 0 saturated carbocycles. The number of hydrogen-bond acceptors (Lipinski definition) is 5. The molecule has 1 unspecified atom stereocenters. The van der Waals surface area contributed by atoms with Crippen molar-refractivity contribution in [3.05, 3.63) is 106 Å². The number of H-pyrrole nitrogens is 1. The lowest BCUT2D eigenvalue weighted by Gasteiger charge is -2.21. The number of anilines is 1. The molecule has 9 nitrogen and oxygen atoms in total. The minimum Gasteiger partial charge on any atom is -0.345 e. The number of nitrogen functional groups attached to an aromatic ring is 1. The fourth-order valence-electron chi connectivity index (χ4n) is 4.63. The van der Waals surface area contributed by atoms with Gasteiger partial charge in [0.2, 0.25) is 5.91 Å². The summed E-state index contributed by atoms with van der Waals surface area (Å²) in [5.74, 6) is 5.51. The molecule has 0 saturated heterocycles. The number of rotatable bonds is 5. The second-order valence-corrected chi connectivity index (χ2v) is 9.24. The number of nitrogens with two attached hydrogens (primary N) is 1. The van der Waals surface area contributed by atoms with Crippen molar-refractivity contribution in [1.82, 2.24) is 20.2 Å². The van der Waals surface area contributed by atoms with Gasteiger partial charge in [-0.25, -0.2) is 4.98 Å². The van der Waals surface area contributed by atoms with E-state index >= 15 is 0 Å². The van der Waals surface area contributed by atoms with E-state index in [0.29, 0.717) is 33.2 Å². The van der Waals surface area contributed by atoms with Gasteiger partial charge in [0.15, 0.2) is 5.56 Å². The number of benzene rings is 2. The van der Waals surface area contributed by atoms with Crippen molar-refractivity contribution in [2.24, 2.45) is 0 Å². The van der Waals surface area contributed by atoms with Gasteiger partial charge < -0.3 is 10.6 Å². The van der Waals surface area contributed by atoms with E-state index in [2.05, 4.69) is 32.4 Å². The standard InChI is InChI=1S/C31H26N6O3/c1-19(36-30(39)27-28-23(12-8-16-34-28)18-35-29(27)32)25-17-22-10-6-9-21(11-7-15-33-20(2)38)26(22)31(40)37(25)24-13-4-3-5-14-24/h3-6,8-10,12-14,16-19H,15H2,1-2H3,(H2,32,35)(H,33,38)(H,36,39)/p+1. The van der Waals surface area contributed by atoms with Crippen LogP contribution in [-0.2, 0) is 4.79 Å². The van der Waals surface area contributed by atoms with Crippen LogP contribution < -0.4 is 26.9 Å². The van der Waals surface area contributed by atoms with E-state index in [0.717, 1.165) is 5.39 Å².